The van der Waals surface area contributed by atoms with E-state index in [2.05, 4.69) is 18.5 Å². The van der Waals surface area contributed by atoms with Crippen LogP contribution in [0, 0.1) is 6.92 Å². The zero-order valence-electron chi connectivity index (χ0n) is 16.9. The highest BCUT2D eigenvalue weighted by atomic mass is 32.2. The van der Waals surface area contributed by atoms with Crippen LogP contribution in [0.15, 0.2) is 40.0 Å². The molecule has 2 aromatic carbocycles. The second-order valence-corrected chi connectivity index (χ2v) is 11.9. The zero-order chi connectivity index (χ0) is 24.8. The molecule has 0 aliphatic rings. The number of hydrogen-bond donors (Lipinski definition) is 5. The smallest absolute Gasteiger partial charge is 0.299 e. The van der Waals surface area contributed by atoms with Crippen molar-refractivity contribution < 1.29 is 45.1 Å². The van der Waals surface area contributed by atoms with Crippen LogP contribution in [0.5, 0.6) is 17.2 Å². The Morgan fingerprint density at radius 3 is 1.66 bits per heavy atom. The number of rotatable bonds is 8. The maximum absolute atomic E-state index is 13.0. The van der Waals surface area contributed by atoms with Crippen molar-refractivity contribution in [3.63, 3.8) is 0 Å². The maximum Gasteiger partial charge on any atom is 0.299 e. The van der Waals surface area contributed by atoms with Crippen molar-refractivity contribution in [3.05, 3.63) is 30.9 Å². The SMILES string of the molecule is C=CCS(=O)(=O)c1c(O)c(C)c2c(O)c(O)c(S(=O)(=O)O)c(S(=O)(=O)CC=C)c2c1NC. The number of sulfone groups is 2. The molecule has 0 aliphatic carbocycles. The first kappa shape index (κ1) is 25.5. The lowest BCUT2D eigenvalue weighted by Crippen LogP contribution is -2.16. The van der Waals surface area contributed by atoms with E-state index in [1.165, 1.54) is 0 Å². The summed E-state index contributed by atoms with van der Waals surface area (Å²) < 4.78 is 85.5. The summed E-state index contributed by atoms with van der Waals surface area (Å²) in [5.74, 6) is -5.10. The molecule has 0 aromatic heterocycles. The van der Waals surface area contributed by atoms with Gasteiger partial charge in [0.25, 0.3) is 10.1 Å². The summed E-state index contributed by atoms with van der Waals surface area (Å²) in [7, 11) is -13.3. The zero-order valence-corrected chi connectivity index (χ0v) is 19.4. The summed E-state index contributed by atoms with van der Waals surface area (Å²) in [6, 6.07) is 0. The molecular formula is C18H21NO10S3. The normalized spacial score (nSPS) is 12.6. The topological polar surface area (TPSA) is 195 Å². The first-order valence-corrected chi connectivity index (χ1v) is 13.4. The van der Waals surface area contributed by atoms with E-state index in [9.17, 15) is 45.1 Å². The predicted molar refractivity (Wildman–Crippen MR) is 118 cm³/mol. The fourth-order valence-corrected chi connectivity index (χ4v) is 7.54. The maximum atomic E-state index is 13.0. The quantitative estimate of drug-likeness (QED) is 0.197. The van der Waals surface area contributed by atoms with Gasteiger partial charge in [-0.3, -0.25) is 4.55 Å². The molecule has 0 spiro atoms. The van der Waals surface area contributed by atoms with E-state index in [1.807, 2.05) is 0 Å². The first-order valence-electron chi connectivity index (χ1n) is 8.68. The van der Waals surface area contributed by atoms with E-state index in [1.54, 1.807) is 0 Å². The average molecular weight is 508 g/mol. The summed E-state index contributed by atoms with van der Waals surface area (Å²) in [5.41, 5.74) is -0.945. The molecule has 2 rings (SSSR count). The lowest BCUT2D eigenvalue weighted by atomic mass is 10.0. The van der Waals surface area contributed by atoms with Gasteiger partial charge in [0.1, 0.15) is 15.5 Å². The minimum atomic E-state index is -5.47. The molecule has 11 nitrogen and oxygen atoms in total. The molecule has 2 aromatic rings. The molecule has 176 valence electrons. The molecule has 0 heterocycles. The number of phenolic OH excluding ortho intramolecular Hbond substituents is 3. The van der Waals surface area contributed by atoms with Gasteiger partial charge < -0.3 is 20.6 Å². The summed E-state index contributed by atoms with van der Waals surface area (Å²) in [4.78, 5) is -3.50. The second-order valence-electron chi connectivity index (χ2n) is 6.65. The third-order valence-electron chi connectivity index (χ3n) is 4.59. The van der Waals surface area contributed by atoms with E-state index in [0.29, 0.717) is 0 Å². The molecule has 0 atom stereocenters. The van der Waals surface area contributed by atoms with Gasteiger partial charge >= 0.3 is 0 Å². The van der Waals surface area contributed by atoms with Crippen molar-refractivity contribution in [2.24, 2.45) is 0 Å². The van der Waals surface area contributed by atoms with E-state index in [-0.39, 0.29) is 5.56 Å². The van der Waals surface area contributed by atoms with Crippen LogP contribution in [-0.4, -0.2) is 63.7 Å². The van der Waals surface area contributed by atoms with Crippen LogP contribution in [0.25, 0.3) is 10.8 Å². The number of aryl methyl sites for hydroxylation is 1. The molecule has 0 saturated heterocycles. The lowest BCUT2D eigenvalue weighted by Gasteiger charge is -2.22. The van der Waals surface area contributed by atoms with Crippen molar-refractivity contribution in [1.29, 1.82) is 0 Å². The summed E-state index contributed by atoms with van der Waals surface area (Å²) in [5, 5.41) is 32.7. The molecule has 5 N–H and O–H groups in total. The van der Waals surface area contributed by atoms with Gasteiger partial charge in [0.15, 0.2) is 36.1 Å². The largest absolute Gasteiger partial charge is 0.506 e. The Hall–Kier alpha value is -2.81. The number of aromatic hydroxyl groups is 3. The van der Waals surface area contributed by atoms with Crippen LogP contribution in [0.4, 0.5) is 5.69 Å². The van der Waals surface area contributed by atoms with E-state index in [4.69, 9.17) is 0 Å². The van der Waals surface area contributed by atoms with Gasteiger partial charge in [-0.25, -0.2) is 16.8 Å². The highest BCUT2D eigenvalue weighted by molar-refractivity contribution is 7.93. The van der Waals surface area contributed by atoms with Crippen LogP contribution in [0.1, 0.15) is 5.56 Å². The average Bonchev–Trinajstić information content (AvgIpc) is 2.64. The van der Waals surface area contributed by atoms with Crippen LogP contribution >= 0.6 is 0 Å². The van der Waals surface area contributed by atoms with E-state index >= 15 is 0 Å². The van der Waals surface area contributed by atoms with Crippen molar-refractivity contribution in [3.8, 4) is 17.2 Å². The molecule has 0 aliphatic heterocycles. The lowest BCUT2D eigenvalue weighted by molar-refractivity contribution is 0.389. The number of benzene rings is 2. The highest BCUT2D eigenvalue weighted by Gasteiger charge is 2.38. The fraction of sp³-hybridized carbons (Fsp3) is 0.222. The van der Waals surface area contributed by atoms with Gasteiger partial charge in [0.2, 0.25) is 0 Å². The molecule has 32 heavy (non-hydrogen) atoms. The monoisotopic (exact) mass is 507 g/mol. The predicted octanol–water partition coefficient (Wildman–Crippen LogP) is 1.47. The van der Waals surface area contributed by atoms with Gasteiger partial charge in [-0.1, -0.05) is 12.2 Å². The molecule has 0 fully saturated rings. The van der Waals surface area contributed by atoms with Gasteiger partial charge in [0.05, 0.1) is 17.2 Å². The Morgan fingerprint density at radius 1 is 0.781 bits per heavy atom. The molecule has 0 radical (unpaired) electrons. The summed E-state index contributed by atoms with van der Waals surface area (Å²) >= 11 is 0. The van der Waals surface area contributed by atoms with Crippen LogP contribution in [-0.2, 0) is 29.8 Å². The number of anilines is 1. The Bertz CT molecular complexity index is 1470. The fourth-order valence-electron chi connectivity index (χ4n) is 3.36. The Morgan fingerprint density at radius 2 is 1.25 bits per heavy atom. The highest BCUT2D eigenvalue weighted by Crippen LogP contribution is 2.52. The van der Waals surface area contributed by atoms with Crippen molar-refractivity contribution >= 4 is 46.3 Å². The van der Waals surface area contributed by atoms with Crippen molar-refractivity contribution in [1.82, 2.24) is 0 Å². The third kappa shape index (κ3) is 3.90. The first-order chi connectivity index (χ1) is 14.6. The molecule has 0 saturated carbocycles. The van der Waals surface area contributed by atoms with Crippen LogP contribution in [0.2, 0.25) is 0 Å². The number of phenols is 3. The van der Waals surface area contributed by atoms with Gasteiger partial charge in [-0.2, -0.15) is 8.42 Å². The molecule has 0 bridgehead atoms. The van der Waals surface area contributed by atoms with Crippen molar-refractivity contribution in [2.45, 2.75) is 21.6 Å². The second kappa shape index (κ2) is 8.27. The number of fused-ring (bicyclic) bond motifs is 1. The summed E-state index contributed by atoms with van der Waals surface area (Å²) in [6.07, 6.45) is 1.92. The standard InChI is InChI=1S/C18H21NO10S3/c1-5-7-30(23,24)16-11-10(14(21)15(22)18(16)32(27,28)29)9(3)13(20)17(12(11)19-4)31(25,26)8-6-2/h5-6,19-22H,1-2,7-8H2,3-4H3,(H,27,28,29). The number of hydrogen-bond acceptors (Lipinski definition) is 10. The van der Waals surface area contributed by atoms with Crippen LogP contribution in [0.3, 0.4) is 0 Å². The minimum absolute atomic E-state index is 0.369. The molecular weight excluding hydrogens is 486 g/mol. The van der Waals surface area contributed by atoms with Gasteiger partial charge in [0, 0.05) is 23.4 Å². The van der Waals surface area contributed by atoms with E-state index < -0.39 is 89.7 Å². The van der Waals surface area contributed by atoms with Gasteiger partial charge in [-0.05, 0) is 6.92 Å². The molecule has 0 amide bonds. The van der Waals surface area contributed by atoms with Gasteiger partial charge in [-0.15, -0.1) is 13.2 Å². The Kier molecular flexibility index (Phi) is 6.58. The van der Waals surface area contributed by atoms with E-state index in [0.717, 1.165) is 26.1 Å². The minimum Gasteiger partial charge on any atom is -0.506 e. The third-order valence-corrected chi connectivity index (χ3v) is 9.03. The molecule has 14 heteroatoms. The molecule has 0 unspecified atom stereocenters. The Labute approximate surface area is 184 Å². The van der Waals surface area contributed by atoms with Crippen LogP contribution < -0.4 is 5.32 Å². The Balaban J connectivity index is 3.55. The van der Waals surface area contributed by atoms with Crippen molar-refractivity contribution in [2.75, 3.05) is 23.9 Å². The number of nitrogens with one attached hydrogen (secondary N) is 1. The summed E-state index contributed by atoms with van der Waals surface area (Å²) in [6.45, 7) is 7.72.